The van der Waals surface area contributed by atoms with Gasteiger partial charge in [0.05, 0.1) is 23.7 Å². The summed E-state index contributed by atoms with van der Waals surface area (Å²) in [4.78, 5) is 12.4. The fraction of sp³-hybridized carbons (Fsp3) is 0.350. The number of rotatable bonds is 7. The Hall–Kier alpha value is -2.74. The van der Waals surface area contributed by atoms with Gasteiger partial charge in [-0.3, -0.25) is 4.31 Å². The number of para-hydroxylation sites is 2. The first kappa shape index (κ1) is 20.0. The Kier molecular flexibility index (Phi) is 6.08. The van der Waals surface area contributed by atoms with E-state index in [0.717, 1.165) is 5.56 Å². The molecule has 1 heterocycles. The van der Waals surface area contributed by atoms with E-state index in [2.05, 4.69) is 10.6 Å². The highest BCUT2D eigenvalue weighted by Crippen LogP contribution is 2.33. The SMILES string of the molecule is CCCS(=O)(=O)N1CCc2ccc(NC(=O)Nc3ccccc3OCC)cc21. The molecule has 2 aromatic carbocycles. The summed E-state index contributed by atoms with van der Waals surface area (Å²) in [7, 11) is -3.34. The number of benzene rings is 2. The summed E-state index contributed by atoms with van der Waals surface area (Å²) in [6.07, 6.45) is 1.24. The van der Waals surface area contributed by atoms with Crippen molar-refractivity contribution in [2.75, 3.05) is 33.8 Å². The van der Waals surface area contributed by atoms with Gasteiger partial charge in [0.25, 0.3) is 0 Å². The Bertz CT molecular complexity index is 960. The van der Waals surface area contributed by atoms with Gasteiger partial charge in [-0.15, -0.1) is 0 Å². The molecule has 8 heteroatoms. The molecule has 0 aromatic heterocycles. The lowest BCUT2D eigenvalue weighted by atomic mass is 10.1. The maximum atomic E-state index is 12.5. The van der Waals surface area contributed by atoms with E-state index in [1.54, 1.807) is 24.3 Å². The molecule has 3 rings (SSSR count). The van der Waals surface area contributed by atoms with Crippen molar-refractivity contribution in [3.05, 3.63) is 48.0 Å². The molecule has 0 fully saturated rings. The van der Waals surface area contributed by atoms with Crippen molar-refractivity contribution in [2.45, 2.75) is 26.7 Å². The van der Waals surface area contributed by atoms with Crippen molar-refractivity contribution in [3.63, 3.8) is 0 Å². The summed E-state index contributed by atoms with van der Waals surface area (Å²) >= 11 is 0. The van der Waals surface area contributed by atoms with E-state index in [9.17, 15) is 13.2 Å². The summed E-state index contributed by atoms with van der Waals surface area (Å²) in [5.74, 6) is 0.699. The number of hydrogen-bond donors (Lipinski definition) is 2. The lowest BCUT2D eigenvalue weighted by Crippen LogP contribution is -2.31. The molecule has 0 aliphatic carbocycles. The van der Waals surface area contributed by atoms with Crippen LogP contribution in [-0.4, -0.2) is 33.4 Å². The van der Waals surface area contributed by atoms with Gasteiger partial charge in [-0.25, -0.2) is 13.2 Å². The fourth-order valence-electron chi connectivity index (χ4n) is 3.22. The van der Waals surface area contributed by atoms with Crippen LogP contribution in [0.1, 0.15) is 25.8 Å². The second kappa shape index (κ2) is 8.52. The molecule has 2 aromatic rings. The van der Waals surface area contributed by atoms with Crippen molar-refractivity contribution < 1.29 is 17.9 Å². The summed E-state index contributed by atoms with van der Waals surface area (Å²) in [6.45, 7) is 4.65. The van der Waals surface area contributed by atoms with Crippen LogP contribution in [0.3, 0.4) is 0 Å². The first-order valence-electron chi connectivity index (χ1n) is 9.37. The van der Waals surface area contributed by atoms with Crippen LogP contribution in [0, 0.1) is 0 Å². The molecule has 2 amide bonds. The van der Waals surface area contributed by atoms with E-state index in [4.69, 9.17) is 4.74 Å². The van der Waals surface area contributed by atoms with Gasteiger partial charge in [0.15, 0.2) is 0 Å². The first-order valence-corrected chi connectivity index (χ1v) is 11.0. The van der Waals surface area contributed by atoms with Gasteiger partial charge >= 0.3 is 6.03 Å². The van der Waals surface area contributed by atoms with Crippen molar-refractivity contribution in [2.24, 2.45) is 0 Å². The molecular formula is C20H25N3O4S. The Labute approximate surface area is 165 Å². The highest BCUT2D eigenvalue weighted by Gasteiger charge is 2.29. The van der Waals surface area contributed by atoms with Crippen molar-refractivity contribution in [3.8, 4) is 5.75 Å². The molecule has 0 radical (unpaired) electrons. The molecule has 0 saturated heterocycles. The second-order valence-electron chi connectivity index (χ2n) is 6.49. The van der Waals surface area contributed by atoms with Crippen molar-refractivity contribution in [1.29, 1.82) is 0 Å². The third kappa shape index (κ3) is 4.39. The molecule has 0 saturated carbocycles. The number of fused-ring (bicyclic) bond motifs is 1. The van der Waals surface area contributed by atoms with E-state index in [0.29, 0.717) is 48.8 Å². The number of sulfonamides is 1. The summed E-state index contributed by atoms with van der Waals surface area (Å²) in [5.41, 5.74) is 2.70. The van der Waals surface area contributed by atoms with Gasteiger partial charge in [-0.2, -0.15) is 0 Å². The minimum atomic E-state index is -3.34. The molecule has 0 spiro atoms. The van der Waals surface area contributed by atoms with E-state index < -0.39 is 16.1 Å². The first-order chi connectivity index (χ1) is 13.4. The van der Waals surface area contributed by atoms with E-state index in [1.165, 1.54) is 4.31 Å². The minimum absolute atomic E-state index is 0.110. The van der Waals surface area contributed by atoms with Gasteiger partial charge < -0.3 is 15.4 Å². The molecule has 150 valence electrons. The van der Waals surface area contributed by atoms with E-state index in [1.807, 2.05) is 32.0 Å². The Morgan fingerprint density at radius 3 is 2.68 bits per heavy atom. The normalized spacial score (nSPS) is 13.1. The number of carbonyl (C=O) groups is 1. The summed E-state index contributed by atoms with van der Waals surface area (Å²) in [5, 5.41) is 5.53. The fourth-order valence-corrected chi connectivity index (χ4v) is 4.80. The Morgan fingerprint density at radius 1 is 1.14 bits per heavy atom. The Balaban J connectivity index is 1.75. The smallest absolute Gasteiger partial charge is 0.323 e. The maximum absolute atomic E-state index is 12.5. The van der Waals surface area contributed by atoms with Gasteiger partial charge in [0, 0.05) is 12.2 Å². The second-order valence-corrected chi connectivity index (χ2v) is 8.50. The maximum Gasteiger partial charge on any atom is 0.323 e. The zero-order valence-corrected chi connectivity index (χ0v) is 16.9. The topological polar surface area (TPSA) is 87.7 Å². The van der Waals surface area contributed by atoms with Crippen LogP contribution in [0.4, 0.5) is 21.9 Å². The van der Waals surface area contributed by atoms with Crippen LogP contribution >= 0.6 is 0 Å². The van der Waals surface area contributed by atoms with Gasteiger partial charge in [0.1, 0.15) is 5.75 Å². The van der Waals surface area contributed by atoms with Gasteiger partial charge in [0.2, 0.25) is 10.0 Å². The standard InChI is InChI=1S/C20H25N3O4S/c1-3-13-28(25,26)23-12-11-15-9-10-16(14-18(15)23)21-20(24)22-17-7-5-6-8-19(17)27-4-2/h5-10,14H,3-4,11-13H2,1-2H3,(H2,21,22,24). The number of carbonyl (C=O) groups excluding carboxylic acids is 1. The largest absolute Gasteiger partial charge is 0.492 e. The molecule has 1 aliphatic rings. The van der Waals surface area contributed by atoms with Gasteiger partial charge in [-0.05, 0) is 49.6 Å². The molecule has 0 atom stereocenters. The zero-order valence-electron chi connectivity index (χ0n) is 16.1. The number of ether oxygens (including phenoxy) is 1. The minimum Gasteiger partial charge on any atom is -0.492 e. The number of nitrogens with one attached hydrogen (secondary N) is 2. The number of nitrogens with zero attached hydrogens (tertiary/aromatic N) is 1. The predicted molar refractivity (Wildman–Crippen MR) is 112 cm³/mol. The third-order valence-corrected chi connectivity index (χ3v) is 6.40. The lowest BCUT2D eigenvalue weighted by molar-refractivity contribution is 0.262. The molecule has 0 unspecified atom stereocenters. The number of anilines is 3. The third-order valence-electron chi connectivity index (χ3n) is 4.43. The van der Waals surface area contributed by atoms with E-state index >= 15 is 0 Å². The van der Waals surface area contributed by atoms with E-state index in [-0.39, 0.29) is 5.75 Å². The monoisotopic (exact) mass is 403 g/mol. The van der Waals surface area contributed by atoms with Crippen LogP contribution in [0.2, 0.25) is 0 Å². The van der Waals surface area contributed by atoms with Crippen molar-refractivity contribution in [1.82, 2.24) is 0 Å². The predicted octanol–water partition coefficient (Wildman–Crippen LogP) is 3.83. The molecule has 28 heavy (non-hydrogen) atoms. The molecule has 1 aliphatic heterocycles. The summed E-state index contributed by atoms with van der Waals surface area (Å²) in [6, 6.07) is 12.1. The summed E-state index contributed by atoms with van der Waals surface area (Å²) < 4.78 is 31.9. The number of hydrogen-bond acceptors (Lipinski definition) is 4. The van der Waals surface area contributed by atoms with Gasteiger partial charge in [-0.1, -0.05) is 25.1 Å². The van der Waals surface area contributed by atoms with Crippen LogP contribution in [0.15, 0.2) is 42.5 Å². The van der Waals surface area contributed by atoms with Crippen LogP contribution < -0.4 is 19.7 Å². The van der Waals surface area contributed by atoms with Crippen LogP contribution in [0.25, 0.3) is 0 Å². The number of amides is 2. The Morgan fingerprint density at radius 2 is 1.93 bits per heavy atom. The highest BCUT2D eigenvalue weighted by atomic mass is 32.2. The average Bonchev–Trinajstić information content (AvgIpc) is 3.07. The molecule has 0 bridgehead atoms. The number of urea groups is 1. The van der Waals surface area contributed by atoms with Crippen LogP contribution in [0.5, 0.6) is 5.75 Å². The van der Waals surface area contributed by atoms with Crippen LogP contribution in [-0.2, 0) is 16.4 Å². The lowest BCUT2D eigenvalue weighted by Gasteiger charge is -2.20. The average molecular weight is 404 g/mol. The highest BCUT2D eigenvalue weighted by molar-refractivity contribution is 7.92. The quantitative estimate of drug-likeness (QED) is 0.735. The molecule has 7 nitrogen and oxygen atoms in total. The molecular weight excluding hydrogens is 378 g/mol. The molecule has 2 N–H and O–H groups in total. The zero-order chi connectivity index (χ0) is 20.1. The van der Waals surface area contributed by atoms with Crippen molar-refractivity contribution >= 4 is 33.1 Å².